The Bertz CT molecular complexity index is 1030. The number of likely N-dealkylation sites (N-methyl/N-ethyl adjacent to an activating group) is 1. The summed E-state index contributed by atoms with van der Waals surface area (Å²) in [6.45, 7) is 8.19. The van der Waals surface area contributed by atoms with Crippen molar-refractivity contribution in [3.05, 3.63) is 63.3 Å². The SMILES string of the molecule is CCNCCc1c(C)n(CC(=O)Nc2cccc(CC)c2)c2c(Cl)c(Cl)ccc12. The summed E-state index contributed by atoms with van der Waals surface area (Å²) in [5, 5.41) is 8.40. The summed E-state index contributed by atoms with van der Waals surface area (Å²) in [5.74, 6) is -0.0903. The van der Waals surface area contributed by atoms with Crippen LogP contribution in [0.3, 0.4) is 0 Å². The van der Waals surface area contributed by atoms with Gasteiger partial charge in [0.2, 0.25) is 5.91 Å². The highest BCUT2D eigenvalue weighted by Gasteiger charge is 2.19. The minimum atomic E-state index is -0.0903. The van der Waals surface area contributed by atoms with E-state index in [1.807, 2.05) is 41.8 Å². The average Bonchev–Trinajstić information content (AvgIpc) is 2.97. The van der Waals surface area contributed by atoms with Crippen molar-refractivity contribution in [2.75, 3.05) is 18.4 Å². The minimum absolute atomic E-state index is 0.0903. The first-order valence-corrected chi connectivity index (χ1v) is 10.8. The third kappa shape index (κ3) is 4.77. The summed E-state index contributed by atoms with van der Waals surface area (Å²) >= 11 is 12.9. The van der Waals surface area contributed by atoms with Crippen LogP contribution >= 0.6 is 23.2 Å². The fourth-order valence-corrected chi connectivity index (χ4v) is 4.11. The monoisotopic (exact) mass is 431 g/mol. The third-order valence-electron chi connectivity index (χ3n) is 5.23. The number of carbonyl (C=O) groups is 1. The largest absolute Gasteiger partial charge is 0.334 e. The van der Waals surface area contributed by atoms with Crippen molar-refractivity contribution in [3.63, 3.8) is 0 Å². The fourth-order valence-electron chi connectivity index (χ4n) is 3.69. The molecule has 3 aromatic rings. The number of aromatic nitrogens is 1. The first kappa shape index (κ1) is 21.7. The van der Waals surface area contributed by atoms with Gasteiger partial charge in [-0.25, -0.2) is 0 Å². The molecule has 29 heavy (non-hydrogen) atoms. The van der Waals surface area contributed by atoms with Gasteiger partial charge in [0, 0.05) is 16.8 Å². The van der Waals surface area contributed by atoms with Crippen LogP contribution < -0.4 is 10.6 Å². The van der Waals surface area contributed by atoms with Gasteiger partial charge in [-0.1, -0.05) is 55.2 Å². The fraction of sp³-hybridized carbons (Fsp3) is 0.348. The van der Waals surface area contributed by atoms with Crippen LogP contribution in [0, 0.1) is 6.92 Å². The van der Waals surface area contributed by atoms with Crippen LogP contribution in [-0.2, 0) is 24.2 Å². The maximum atomic E-state index is 12.8. The molecule has 0 unspecified atom stereocenters. The molecule has 0 saturated heterocycles. The number of amides is 1. The number of aryl methyl sites for hydroxylation is 1. The van der Waals surface area contributed by atoms with E-state index in [1.165, 1.54) is 11.1 Å². The summed E-state index contributed by atoms with van der Waals surface area (Å²) in [5.41, 5.74) is 5.05. The zero-order valence-electron chi connectivity index (χ0n) is 17.1. The second kappa shape index (κ2) is 9.66. The van der Waals surface area contributed by atoms with Gasteiger partial charge < -0.3 is 15.2 Å². The van der Waals surface area contributed by atoms with Gasteiger partial charge in [0.05, 0.1) is 15.6 Å². The molecule has 2 N–H and O–H groups in total. The highest BCUT2D eigenvalue weighted by atomic mass is 35.5. The molecule has 0 aliphatic heterocycles. The highest BCUT2D eigenvalue weighted by Crippen LogP contribution is 2.36. The van der Waals surface area contributed by atoms with Gasteiger partial charge in [0.15, 0.2) is 0 Å². The predicted molar refractivity (Wildman–Crippen MR) is 123 cm³/mol. The Morgan fingerprint density at radius 3 is 2.66 bits per heavy atom. The number of nitrogens with zero attached hydrogens (tertiary/aromatic N) is 1. The van der Waals surface area contributed by atoms with Gasteiger partial charge in [0.1, 0.15) is 6.54 Å². The van der Waals surface area contributed by atoms with E-state index in [4.69, 9.17) is 23.2 Å². The molecule has 6 heteroatoms. The highest BCUT2D eigenvalue weighted by molar-refractivity contribution is 6.45. The van der Waals surface area contributed by atoms with Gasteiger partial charge in [-0.05, 0) is 62.2 Å². The van der Waals surface area contributed by atoms with E-state index >= 15 is 0 Å². The maximum absolute atomic E-state index is 12.8. The number of carbonyl (C=O) groups excluding carboxylic acids is 1. The van der Waals surface area contributed by atoms with Crippen LogP contribution in [0.5, 0.6) is 0 Å². The van der Waals surface area contributed by atoms with Crippen LogP contribution in [0.15, 0.2) is 36.4 Å². The molecule has 0 fully saturated rings. The lowest BCUT2D eigenvalue weighted by Crippen LogP contribution is -2.20. The molecular weight excluding hydrogens is 405 g/mol. The molecule has 0 aliphatic rings. The van der Waals surface area contributed by atoms with Gasteiger partial charge in [-0.2, -0.15) is 0 Å². The lowest BCUT2D eigenvalue weighted by molar-refractivity contribution is -0.116. The molecule has 2 aromatic carbocycles. The maximum Gasteiger partial charge on any atom is 0.244 e. The van der Waals surface area contributed by atoms with Gasteiger partial charge in [-0.15, -0.1) is 0 Å². The van der Waals surface area contributed by atoms with Crippen molar-refractivity contribution in [1.29, 1.82) is 0 Å². The lowest BCUT2D eigenvalue weighted by atomic mass is 10.1. The molecule has 0 bridgehead atoms. The molecular formula is C23H27Cl2N3O. The quantitative estimate of drug-likeness (QED) is 0.455. The Morgan fingerprint density at radius 2 is 1.93 bits per heavy atom. The normalized spacial score (nSPS) is 11.2. The van der Waals surface area contributed by atoms with Crippen LogP contribution in [-0.4, -0.2) is 23.6 Å². The van der Waals surface area contributed by atoms with Crippen molar-refractivity contribution in [2.45, 2.75) is 40.2 Å². The van der Waals surface area contributed by atoms with Gasteiger partial charge >= 0.3 is 0 Å². The van der Waals surface area contributed by atoms with E-state index in [-0.39, 0.29) is 12.5 Å². The number of nitrogens with one attached hydrogen (secondary N) is 2. The zero-order chi connectivity index (χ0) is 21.0. The van der Waals surface area contributed by atoms with Crippen molar-refractivity contribution < 1.29 is 4.79 Å². The van der Waals surface area contributed by atoms with Gasteiger partial charge in [0.25, 0.3) is 0 Å². The number of benzene rings is 2. The number of rotatable bonds is 8. The van der Waals surface area contributed by atoms with Gasteiger partial charge in [-0.3, -0.25) is 4.79 Å². The Hall–Kier alpha value is -2.01. The molecule has 4 nitrogen and oxygen atoms in total. The zero-order valence-corrected chi connectivity index (χ0v) is 18.6. The Labute approximate surface area is 182 Å². The van der Waals surface area contributed by atoms with E-state index in [0.717, 1.165) is 48.2 Å². The van der Waals surface area contributed by atoms with E-state index in [2.05, 4.69) is 30.5 Å². The first-order chi connectivity index (χ1) is 14.0. The molecule has 3 rings (SSSR count). The molecule has 1 aromatic heterocycles. The molecule has 0 atom stereocenters. The first-order valence-electron chi connectivity index (χ1n) is 10.0. The van der Waals surface area contributed by atoms with E-state index in [9.17, 15) is 4.79 Å². The van der Waals surface area contributed by atoms with Crippen LogP contribution in [0.25, 0.3) is 10.9 Å². The minimum Gasteiger partial charge on any atom is -0.334 e. The van der Waals surface area contributed by atoms with Crippen molar-refractivity contribution >= 4 is 45.7 Å². The Kier molecular flexibility index (Phi) is 7.23. The number of hydrogen-bond acceptors (Lipinski definition) is 2. The van der Waals surface area contributed by atoms with Crippen LogP contribution in [0.4, 0.5) is 5.69 Å². The average molecular weight is 432 g/mol. The molecule has 1 heterocycles. The van der Waals surface area contributed by atoms with Crippen molar-refractivity contribution in [2.24, 2.45) is 0 Å². The summed E-state index contributed by atoms with van der Waals surface area (Å²) in [7, 11) is 0. The topological polar surface area (TPSA) is 46.1 Å². The molecule has 0 aliphatic carbocycles. The summed E-state index contributed by atoms with van der Waals surface area (Å²) < 4.78 is 1.98. The predicted octanol–water partition coefficient (Wildman–Crippen LogP) is 5.61. The summed E-state index contributed by atoms with van der Waals surface area (Å²) in [6.07, 6.45) is 1.79. The van der Waals surface area contributed by atoms with E-state index < -0.39 is 0 Å². The number of fused-ring (bicyclic) bond motifs is 1. The lowest BCUT2D eigenvalue weighted by Gasteiger charge is -2.11. The molecule has 0 saturated carbocycles. The second-order valence-corrected chi connectivity index (χ2v) is 7.90. The Balaban J connectivity index is 1.93. The van der Waals surface area contributed by atoms with Crippen molar-refractivity contribution in [3.8, 4) is 0 Å². The number of hydrogen-bond donors (Lipinski definition) is 2. The second-order valence-electron chi connectivity index (χ2n) is 7.11. The van der Waals surface area contributed by atoms with E-state index in [0.29, 0.717) is 10.0 Å². The third-order valence-corrected chi connectivity index (χ3v) is 6.02. The van der Waals surface area contributed by atoms with Crippen molar-refractivity contribution in [1.82, 2.24) is 9.88 Å². The molecule has 0 spiro atoms. The number of halogens is 2. The number of anilines is 1. The van der Waals surface area contributed by atoms with E-state index in [1.54, 1.807) is 0 Å². The van der Waals surface area contributed by atoms with Crippen LogP contribution in [0.1, 0.15) is 30.7 Å². The molecule has 154 valence electrons. The van der Waals surface area contributed by atoms with Crippen LogP contribution in [0.2, 0.25) is 10.0 Å². The summed E-state index contributed by atoms with van der Waals surface area (Å²) in [6, 6.07) is 11.7. The molecule has 0 radical (unpaired) electrons. The molecule has 1 amide bonds. The summed E-state index contributed by atoms with van der Waals surface area (Å²) in [4.78, 5) is 12.8. The Morgan fingerprint density at radius 1 is 1.14 bits per heavy atom. The standard InChI is InChI=1S/C23H27Cl2N3O/c1-4-16-7-6-8-17(13-16)27-21(29)14-28-15(3)18(11-12-26-5-2)19-9-10-20(24)22(25)23(19)28/h6-10,13,26H,4-5,11-12,14H2,1-3H3,(H,27,29). The smallest absolute Gasteiger partial charge is 0.244 e.